The lowest BCUT2D eigenvalue weighted by Gasteiger charge is -2.23. The molecule has 0 N–H and O–H groups in total. The van der Waals surface area contributed by atoms with Gasteiger partial charge in [-0.25, -0.2) is 0 Å². The normalized spacial score (nSPS) is 16.2. The smallest absolute Gasteiger partial charge is 0.0183 e. The first kappa shape index (κ1) is 15.7. The second-order valence-electron chi connectivity index (χ2n) is 5.22. The van der Waals surface area contributed by atoms with E-state index in [9.17, 15) is 0 Å². The van der Waals surface area contributed by atoms with E-state index in [2.05, 4.69) is 40.7 Å². The van der Waals surface area contributed by atoms with Gasteiger partial charge >= 0.3 is 0 Å². The monoisotopic (exact) mass is 224 g/mol. The van der Waals surface area contributed by atoms with Crippen LogP contribution in [0, 0.1) is 11.8 Å². The third-order valence-corrected chi connectivity index (χ3v) is 3.73. The van der Waals surface area contributed by atoms with Crippen LogP contribution < -0.4 is 0 Å². The van der Waals surface area contributed by atoms with E-state index in [1.807, 2.05) is 0 Å². The maximum absolute atomic E-state index is 2.50. The lowest BCUT2D eigenvalue weighted by atomic mass is 9.82. The molecule has 0 saturated heterocycles. The summed E-state index contributed by atoms with van der Waals surface area (Å²) >= 11 is 0. The van der Waals surface area contributed by atoms with Crippen LogP contribution in [0.15, 0.2) is 11.6 Å². The Hall–Kier alpha value is -0.260. The van der Waals surface area contributed by atoms with Crippen LogP contribution in [0.25, 0.3) is 0 Å². The first-order valence-corrected chi connectivity index (χ1v) is 7.33. The van der Waals surface area contributed by atoms with Gasteiger partial charge in [0.2, 0.25) is 0 Å². The van der Waals surface area contributed by atoms with Crippen molar-refractivity contribution in [2.45, 2.75) is 79.6 Å². The molecule has 0 aliphatic carbocycles. The molecule has 0 fully saturated rings. The molecule has 96 valence electrons. The Labute approximate surface area is 104 Å². The zero-order valence-electron chi connectivity index (χ0n) is 12.2. The molecule has 0 aromatic rings. The predicted octanol–water partition coefficient (Wildman–Crippen LogP) is 5.98. The highest BCUT2D eigenvalue weighted by Crippen LogP contribution is 2.27. The number of unbranched alkanes of at least 4 members (excludes halogenated alkanes) is 3. The molecule has 2 atom stereocenters. The van der Waals surface area contributed by atoms with Crippen molar-refractivity contribution in [2.24, 2.45) is 11.8 Å². The Bertz CT molecular complexity index is 178. The molecule has 0 bridgehead atoms. The molecule has 0 rings (SSSR count). The highest BCUT2D eigenvalue weighted by Gasteiger charge is 2.15. The molecule has 0 aliphatic rings. The molecule has 16 heavy (non-hydrogen) atoms. The summed E-state index contributed by atoms with van der Waals surface area (Å²) in [5.41, 5.74) is 1.64. The van der Waals surface area contributed by atoms with Gasteiger partial charge in [0.05, 0.1) is 0 Å². The van der Waals surface area contributed by atoms with Crippen LogP contribution in [-0.2, 0) is 0 Å². The standard InChI is InChI=1S/C16H32/c1-6-9-10-11-13-15(5)16(8-3)14(4)12-7-2/h13-14,16H,6-12H2,1-5H3. The Kier molecular flexibility index (Phi) is 9.77. The minimum absolute atomic E-state index is 0.821. The number of allylic oxidation sites excluding steroid dienone is 2. The summed E-state index contributed by atoms with van der Waals surface area (Å²) in [5.74, 6) is 1.68. The summed E-state index contributed by atoms with van der Waals surface area (Å²) < 4.78 is 0. The minimum atomic E-state index is 0.821. The average Bonchev–Trinajstić information content (AvgIpc) is 2.26. The summed E-state index contributed by atoms with van der Waals surface area (Å²) in [6.45, 7) is 11.7. The molecule has 0 nitrogen and oxygen atoms in total. The molecule has 0 amide bonds. The average molecular weight is 224 g/mol. The van der Waals surface area contributed by atoms with E-state index >= 15 is 0 Å². The molecular weight excluding hydrogens is 192 g/mol. The molecule has 0 heterocycles. The molecule has 0 heteroatoms. The minimum Gasteiger partial charge on any atom is -0.0853 e. The van der Waals surface area contributed by atoms with Gasteiger partial charge in [-0.3, -0.25) is 0 Å². The quantitative estimate of drug-likeness (QED) is 0.334. The van der Waals surface area contributed by atoms with Gasteiger partial charge in [0, 0.05) is 0 Å². The molecule has 0 aromatic heterocycles. The Balaban J connectivity index is 4.12. The van der Waals surface area contributed by atoms with Gasteiger partial charge in [-0.1, -0.05) is 65.0 Å². The highest BCUT2D eigenvalue weighted by atomic mass is 14.2. The molecule has 0 radical (unpaired) electrons. The fourth-order valence-corrected chi connectivity index (χ4v) is 2.71. The molecule has 0 aromatic carbocycles. The van der Waals surface area contributed by atoms with Crippen molar-refractivity contribution in [2.75, 3.05) is 0 Å². The molecule has 0 saturated carbocycles. The molecule has 2 unspecified atom stereocenters. The summed E-state index contributed by atoms with van der Waals surface area (Å²) in [4.78, 5) is 0. The van der Waals surface area contributed by atoms with Gasteiger partial charge in [-0.2, -0.15) is 0 Å². The fraction of sp³-hybridized carbons (Fsp3) is 0.875. The predicted molar refractivity (Wildman–Crippen MR) is 75.8 cm³/mol. The lowest BCUT2D eigenvalue weighted by Crippen LogP contribution is -2.12. The third-order valence-electron chi connectivity index (χ3n) is 3.73. The van der Waals surface area contributed by atoms with Crippen LogP contribution in [0.1, 0.15) is 79.6 Å². The number of hydrogen-bond donors (Lipinski definition) is 0. The van der Waals surface area contributed by atoms with Crippen LogP contribution in [0.2, 0.25) is 0 Å². The molecule has 0 aliphatic heterocycles. The number of rotatable bonds is 9. The van der Waals surface area contributed by atoms with Crippen molar-refractivity contribution in [3.8, 4) is 0 Å². The number of hydrogen-bond acceptors (Lipinski definition) is 0. The zero-order valence-corrected chi connectivity index (χ0v) is 12.2. The van der Waals surface area contributed by atoms with Crippen LogP contribution in [0.4, 0.5) is 0 Å². The summed E-state index contributed by atoms with van der Waals surface area (Å²) in [7, 11) is 0. The van der Waals surface area contributed by atoms with Crippen molar-refractivity contribution in [1.29, 1.82) is 0 Å². The van der Waals surface area contributed by atoms with Crippen molar-refractivity contribution in [3.63, 3.8) is 0 Å². The van der Waals surface area contributed by atoms with E-state index in [1.165, 1.54) is 44.9 Å². The van der Waals surface area contributed by atoms with E-state index in [-0.39, 0.29) is 0 Å². The second-order valence-corrected chi connectivity index (χ2v) is 5.22. The summed E-state index contributed by atoms with van der Waals surface area (Å²) in [6.07, 6.45) is 11.9. The van der Waals surface area contributed by atoms with E-state index in [0.29, 0.717) is 0 Å². The Morgan fingerprint density at radius 2 is 1.75 bits per heavy atom. The van der Waals surface area contributed by atoms with Crippen molar-refractivity contribution < 1.29 is 0 Å². The van der Waals surface area contributed by atoms with E-state index in [0.717, 1.165) is 11.8 Å². The summed E-state index contributed by atoms with van der Waals surface area (Å²) in [6, 6.07) is 0. The van der Waals surface area contributed by atoms with Crippen LogP contribution in [-0.4, -0.2) is 0 Å². The molecular formula is C16H32. The summed E-state index contributed by atoms with van der Waals surface area (Å²) in [5, 5.41) is 0. The van der Waals surface area contributed by atoms with Gasteiger partial charge < -0.3 is 0 Å². The van der Waals surface area contributed by atoms with Crippen LogP contribution in [0.3, 0.4) is 0 Å². The Morgan fingerprint density at radius 1 is 1.06 bits per heavy atom. The Morgan fingerprint density at radius 3 is 2.25 bits per heavy atom. The van der Waals surface area contributed by atoms with Gasteiger partial charge in [-0.05, 0) is 38.0 Å². The zero-order chi connectivity index (χ0) is 12.4. The van der Waals surface area contributed by atoms with Crippen LogP contribution in [0.5, 0.6) is 0 Å². The SMILES string of the molecule is CCCCCC=C(C)C(CC)C(C)CCC. The van der Waals surface area contributed by atoms with E-state index in [4.69, 9.17) is 0 Å². The van der Waals surface area contributed by atoms with Gasteiger partial charge in [0.1, 0.15) is 0 Å². The van der Waals surface area contributed by atoms with E-state index < -0.39 is 0 Å². The highest BCUT2D eigenvalue weighted by molar-refractivity contribution is 5.04. The molecule has 0 spiro atoms. The first-order valence-electron chi connectivity index (χ1n) is 7.33. The maximum Gasteiger partial charge on any atom is -0.0183 e. The maximum atomic E-state index is 2.50. The fourth-order valence-electron chi connectivity index (χ4n) is 2.71. The van der Waals surface area contributed by atoms with Gasteiger partial charge in [0.15, 0.2) is 0 Å². The largest absolute Gasteiger partial charge is 0.0853 e. The lowest BCUT2D eigenvalue weighted by molar-refractivity contribution is 0.370. The van der Waals surface area contributed by atoms with Crippen molar-refractivity contribution in [1.82, 2.24) is 0 Å². The second kappa shape index (κ2) is 9.93. The van der Waals surface area contributed by atoms with E-state index in [1.54, 1.807) is 5.57 Å². The first-order chi connectivity index (χ1) is 7.67. The van der Waals surface area contributed by atoms with Gasteiger partial charge in [0.25, 0.3) is 0 Å². The van der Waals surface area contributed by atoms with Crippen molar-refractivity contribution in [3.05, 3.63) is 11.6 Å². The van der Waals surface area contributed by atoms with Crippen LogP contribution >= 0.6 is 0 Å². The third kappa shape index (κ3) is 6.35. The topological polar surface area (TPSA) is 0 Å². The van der Waals surface area contributed by atoms with Crippen molar-refractivity contribution >= 4 is 0 Å². The van der Waals surface area contributed by atoms with Gasteiger partial charge in [-0.15, -0.1) is 0 Å².